The maximum atomic E-state index is 11.7. The zero-order valence-corrected chi connectivity index (χ0v) is 12.6. The average molecular weight is 272 g/mol. The van der Waals surface area contributed by atoms with Crippen LogP contribution in [0.2, 0.25) is 0 Å². The van der Waals surface area contributed by atoms with Gasteiger partial charge in [0.15, 0.2) is 0 Å². The summed E-state index contributed by atoms with van der Waals surface area (Å²) in [6.07, 6.45) is 3.67. The fourth-order valence-electron chi connectivity index (χ4n) is 1.43. The molecular weight excluding hydrogens is 244 g/mol. The summed E-state index contributed by atoms with van der Waals surface area (Å²) in [6.45, 7) is 7.96. The topological polar surface area (TPSA) is 78.4 Å². The number of amides is 2. The molecule has 0 rings (SSSR count). The molecule has 5 heteroatoms. The van der Waals surface area contributed by atoms with Crippen LogP contribution in [0, 0.1) is 5.41 Å². The smallest absolute Gasteiger partial charge is 0.242 e. The van der Waals surface area contributed by atoms with Crippen LogP contribution in [0.1, 0.15) is 53.4 Å². The summed E-state index contributed by atoms with van der Waals surface area (Å²) in [5.74, 6) is -0.280. The van der Waals surface area contributed by atoms with Crippen molar-refractivity contribution in [2.75, 3.05) is 13.2 Å². The molecule has 0 aliphatic rings. The SMILES string of the molecule is CC(NC(=O)C(C)(C)C)C(=O)NCCCCCCO. The minimum Gasteiger partial charge on any atom is -0.396 e. The third-order valence-electron chi connectivity index (χ3n) is 2.81. The van der Waals surface area contributed by atoms with Gasteiger partial charge in [0.25, 0.3) is 0 Å². The molecule has 0 bridgehead atoms. The molecular formula is C14H28N2O3. The molecule has 3 N–H and O–H groups in total. The highest BCUT2D eigenvalue weighted by Crippen LogP contribution is 2.12. The van der Waals surface area contributed by atoms with Crippen molar-refractivity contribution >= 4 is 11.8 Å². The summed E-state index contributed by atoms with van der Waals surface area (Å²) in [4.78, 5) is 23.4. The largest absolute Gasteiger partial charge is 0.396 e. The zero-order valence-electron chi connectivity index (χ0n) is 12.6. The van der Waals surface area contributed by atoms with Crippen LogP contribution in [0.5, 0.6) is 0 Å². The first-order valence-corrected chi connectivity index (χ1v) is 6.98. The summed E-state index contributed by atoms with van der Waals surface area (Å²) < 4.78 is 0. The maximum absolute atomic E-state index is 11.7. The molecule has 19 heavy (non-hydrogen) atoms. The predicted molar refractivity (Wildman–Crippen MR) is 75.6 cm³/mol. The second kappa shape index (κ2) is 8.91. The Kier molecular flexibility index (Phi) is 8.39. The van der Waals surface area contributed by atoms with Gasteiger partial charge in [-0.25, -0.2) is 0 Å². The van der Waals surface area contributed by atoms with Crippen molar-refractivity contribution in [1.29, 1.82) is 0 Å². The van der Waals surface area contributed by atoms with E-state index >= 15 is 0 Å². The van der Waals surface area contributed by atoms with Crippen LogP contribution < -0.4 is 10.6 Å². The van der Waals surface area contributed by atoms with E-state index in [-0.39, 0.29) is 18.4 Å². The van der Waals surface area contributed by atoms with Crippen molar-refractivity contribution in [3.05, 3.63) is 0 Å². The normalized spacial score (nSPS) is 12.9. The number of nitrogens with one attached hydrogen (secondary N) is 2. The predicted octanol–water partition coefficient (Wildman–Crippen LogP) is 1.21. The van der Waals surface area contributed by atoms with Gasteiger partial charge in [-0.3, -0.25) is 9.59 Å². The zero-order chi connectivity index (χ0) is 14.9. The molecule has 0 aromatic rings. The van der Waals surface area contributed by atoms with Crippen LogP contribution in [-0.2, 0) is 9.59 Å². The van der Waals surface area contributed by atoms with Gasteiger partial charge in [-0.2, -0.15) is 0 Å². The van der Waals surface area contributed by atoms with Crippen molar-refractivity contribution in [2.45, 2.75) is 59.4 Å². The first-order valence-electron chi connectivity index (χ1n) is 6.98. The van der Waals surface area contributed by atoms with E-state index in [0.29, 0.717) is 6.54 Å². The molecule has 1 unspecified atom stereocenters. The van der Waals surface area contributed by atoms with Crippen LogP contribution in [-0.4, -0.2) is 36.1 Å². The number of unbranched alkanes of at least 4 members (excludes halogenated alkanes) is 3. The van der Waals surface area contributed by atoms with Crippen molar-refractivity contribution < 1.29 is 14.7 Å². The highest BCUT2D eigenvalue weighted by Gasteiger charge is 2.24. The Morgan fingerprint density at radius 3 is 2.21 bits per heavy atom. The van der Waals surface area contributed by atoms with E-state index in [2.05, 4.69) is 10.6 Å². The molecule has 0 radical (unpaired) electrons. The van der Waals surface area contributed by atoms with E-state index in [1.165, 1.54) is 0 Å². The molecule has 0 aliphatic carbocycles. The van der Waals surface area contributed by atoms with Gasteiger partial charge in [0.05, 0.1) is 0 Å². The Bertz CT molecular complexity index is 285. The van der Waals surface area contributed by atoms with Crippen LogP contribution in [0.25, 0.3) is 0 Å². The van der Waals surface area contributed by atoms with Gasteiger partial charge < -0.3 is 15.7 Å². The minimum atomic E-state index is -0.510. The molecule has 0 fully saturated rings. The lowest BCUT2D eigenvalue weighted by Crippen LogP contribution is -2.48. The number of rotatable bonds is 8. The van der Waals surface area contributed by atoms with Crippen LogP contribution >= 0.6 is 0 Å². The second-order valence-corrected chi connectivity index (χ2v) is 5.87. The Balaban J connectivity index is 3.80. The number of aliphatic hydroxyl groups excluding tert-OH is 1. The highest BCUT2D eigenvalue weighted by atomic mass is 16.3. The fourth-order valence-corrected chi connectivity index (χ4v) is 1.43. The number of carbonyl (C=O) groups excluding carboxylic acids is 2. The van der Waals surface area contributed by atoms with E-state index in [4.69, 9.17) is 5.11 Å². The second-order valence-electron chi connectivity index (χ2n) is 5.87. The van der Waals surface area contributed by atoms with Gasteiger partial charge in [-0.15, -0.1) is 0 Å². The van der Waals surface area contributed by atoms with E-state index in [0.717, 1.165) is 25.7 Å². The standard InChI is InChI=1S/C14H28N2O3/c1-11(16-13(19)14(2,3)4)12(18)15-9-7-5-6-8-10-17/h11,17H,5-10H2,1-4H3,(H,15,18)(H,16,19). The maximum Gasteiger partial charge on any atom is 0.242 e. The van der Waals surface area contributed by atoms with Gasteiger partial charge in [0.2, 0.25) is 11.8 Å². The lowest BCUT2D eigenvalue weighted by atomic mass is 9.95. The Labute approximate surface area is 116 Å². The van der Waals surface area contributed by atoms with E-state index < -0.39 is 11.5 Å². The van der Waals surface area contributed by atoms with Gasteiger partial charge in [-0.05, 0) is 19.8 Å². The molecule has 0 spiro atoms. The number of hydrogen-bond acceptors (Lipinski definition) is 3. The third-order valence-corrected chi connectivity index (χ3v) is 2.81. The number of hydrogen-bond donors (Lipinski definition) is 3. The number of carbonyl (C=O) groups is 2. The molecule has 0 saturated carbocycles. The lowest BCUT2D eigenvalue weighted by Gasteiger charge is -2.21. The molecule has 112 valence electrons. The Morgan fingerprint density at radius 2 is 1.68 bits per heavy atom. The van der Waals surface area contributed by atoms with E-state index in [1.54, 1.807) is 6.92 Å². The Morgan fingerprint density at radius 1 is 1.11 bits per heavy atom. The van der Waals surface area contributed by atoms with Gasteiger partial charge >= 0.3 is 0 Å². The molecule has 0 aliphatic heterocycles. The Hall–Kier alpha value is -1.10. The molecule has 0 aromatic heterocycles. The van der Waals surface area contributed by atoms with Crippen LogP contribution in [0.15, 0.2) is 0 Å². The van der Waals surface area contributed by atoms with Crippen LogP contribution in [0.3, 0.4) is 0 Å². The van der Waals surface area contributed by atoms with E-state index in [1.807, 2.05) is 20.8 Å². The number of aliphatic hydroxyl groups is 1. The molecule has 5 nitrogen and oxygen atoms in total. The fraction of sp³-hybridized carbons (Fsp3) is 0.857. The monoisotopic (exact) mass is 272 g/mol. The first kappa shape index (κ1) is 17.9. The summed E-state index contributed by atoms with van der Waals surface area (Å²) in [5.41, 5.74) is -0.487. The third kappa shape index (κ3) is 8.59. The summed E-state index contributed by atoms with van der Waals surface area (Å²) in [6, 6.07) is -0.510. The first-order chi connectivity index (χ1) is 8.79. The highest BCUT2D eigenvalue weighted by molar-refractivity contribution is 5.89. The molecule has 0 aromatic carbocycles. The van der Waals surface area contributed by atoms with Gasteiger partial charge in [0.1, 0.15) is 6.04 Å². The molecule has 0 saturated heterocycles. The van der Waals surface area contributed by atoms with Crippen molar-refractivity contribution in [1.82, 2.24) is 10.6 Å². The van der Waals surface area contributed by atoms with E-state index in [9.17, 15) is 9.59 Å². The quantitative estimate of drug-likeness (QED) is 0.581. The van der Waals surface area contributed by atoms with Gasteiger partial charge in [0, 0.05) is 18.6 Å². The van der Waals surface area contributed by atoms with Crippen LogP contribution in [0.4, 0.5) is 0 Å². The van der Waals surface area contributed by atoms with Crippen molar-refractivity contribution in [3.63, 3.8) is 0 Å². The van der Waals surface area contributed by atoms with Crippen molar-refractivity contribution in [2.24, 2.45) is 5.41 Å². The van der Waals surface area contributed by atoms with Crippen molar-refractivity contribution in [3.8, 4) is 0 Å². The summed E-state index contributed by atoms with van der Waals surface area (Å²) in [5, 5.41) is 14.1. The molecule has 1 atom stereocenters. The minimum absolute atomic E-state index is 0.127. The lowest BCUT2D eigenvalue weighted by molar-refractivity contribution is -0.133. The average Bonchev–Trinajstić information content (AvgIpc) is 2.31. The summed E-state index contributed by atoms with van der Waals surface area (Å²) >= 11 is 0. The van der Waals surface area contributed by atoms with Gasteiger partial charge in [-0.1, -0.05) is 33.6 Å². The summed E-state index contributed by atoms with van der Waals surface area (Å²) in [7, 11) is 0. The molecule has 2 amide bonds. The molecule has 0 heterocycles.